The molecule has 69 heavy (non-hydrogen) atoms. The molecule has 10 rings (SSSR count). The Balaban J connectivity index is 1.11. The number of likely N-dealkylation sites (N-methyl/N-ethyl adjacent to an activating group) is 1. The fraction of sp³-hybridized carbons (Fsp3) is 0.280. The Morgan fingerprint density at radius 2 is 1.16 bits per heavy atom. The van der Waals surface area contributed by atoms with E-state index in [4.69, 9.17) is 0 Å². The second kappa shape index (κ2) is 15.4. The van der Waals surface area contributed by atoms with Gasteiger partial charge in [0.2, 0.25) is 0 Å². The number of nitrogens with one attached hydrogen (secondary N) is 1. The summed E-state index contributed by atoms with van der Waals surface area (Å²) in [4.78, 5) is 148. The van der Waals surface area contributed by atoms with E-state index in [9.17, 15) is 53.7 Å². The van der Waals surface area contributed by atoms with E-state index in [1.807, 2.05) is 0 Å². The summed E-state index contributed by atoms with van der Waals surface area (Å²) in [6, 6.07) is 17.8. The largest absolute Gasteiger partial charge is 0.508 e. The molecule has 0 radical (unpaired) electrons. The fourth-order valence-corrected chi connectivity index (χ4v) is 11.3. The molecule has 5 atom stereocenters. The SMILES string of the molecule is CN(C)c1cc(CN2C(=O)c3ccccc3C2=O)c(O)c2c1C[C@H]1C[C@H]3[C@H](N(C)C)C(=O)C(C(=O)NCN4C(=O)c5ccccc5C4=O)=C(O)[C@@]3(O)C(=O)[C@@]1(CN1C(=O)c3ccccc3C1=O)C2=O. The van der Waals surface area contributed by atoms with Gasteiger partial charge in [-0.05, 0) is 80.9 Å². The number of aliphatic hydroxyl groups is 2. The number of imide groups is 3. The third kappa shape index (κ3) is 5.99. The number of phenolic OH excluding ortho intramolecular Hbond substituents is 1. The third-order valence-corrected chi connectivity index (χ3v) is 14.6. The van der Waals surface area contributed by atoms with E-state index < -0.39 is 136 Å². The van der Waals surface area contributed by atoms with Gasteiger partial charge in [-0.3, -0.25) is 67.5 Å². The van der Waals surface area contributed by atoms with Crippen LogP contribution >= 0.6 is 0 Å². The summed E-state index contributed by atoms with van der Waals surface area (Å²) >= 11 is 0. The minimum absolute atomic E-state index is 0.0457. The zero-order valence-electron chi connectivity index (χ0n) is 37.4. The Morgan fingerprint density at radius 3 is 1.62 bits per heavy atom. The van der Waals surface area contributed by atoms with E-state index in [0.29, 0.717) is 15.5 Å². The lowest BCUT2D eigenvalue weighted by Crippen LogP contribution is -2.73. The highest BCUT2D eigenvalue weighted by Gasteiger charge is 2.73. The average Bonchev–Trinajstić information content (AvgIpc) is 3.82. The van der Waals surface area contributed by atoms with Crippen molar-refractivity contribution in [1.29, 1.82) is 0 Å². The Labute approximate surface area is 392 Å². The van der Waals surface area contributed by atoms with Gasteiger partial charge < -0.3 is 25.5 Å². The molecule has 7 amide bonds. The molecule has 0 bridgehead atoms. The molecular weight excluding hydrogens is 893 g/mol. The second-order valence-electron chi connectivity index (χ2n) is 18.5. The van der Waals surface area contributed by atoms with Gasteiger partial charge in [0.25, 0.3) is 41.4 Å². The number of hydrogen-bond donors (Lipinski definition) is 4. The Morgan fingerprint density at radius 1 is 0.696 bits per heavy atom. The first-order valence-electron chi connectivity index (χ1n) is 21.9. The summed E-state index contributed by atoms with van der Waals surface area (Å²) in [5, 5.41) is 39.9. The van der Waals surface area contributed by atoms with E-state index in [-0.39, 0.29) is 50.9 Å². The van der Waals surface area contributed by atoms with Crippen LogP contribution in [-0.2, 0) is 27.3 Å². The van der Waals surface area contributed by atoms with E-state index in [1.165, 1.54) is 85.7 Å². The van der Waals surface area contributed by atoms with Crippen LogP contribution < -0.4 is 10.2 Å². The van der Waals surface area contributed by atoms with E-state index in [2.05, 4.69) is 5.32 Å². The van der Waals surface area contributed by atoms with Crippen molar-refractivity contribution in [2.24, 2.45) is 17.3 Å². The monoisotopic (exact) mass is 934 g/mol. The van der Waals surface area contributed by atoms with Gasteiger partial charge in [0.15, 0.2) is 23.0 Å². The molecule has 0 aromatic heterocycles. The number of carbonyl (C=O) groups is 10. The predicted molar refractivity (Wildman–Crippen MR) is 239 cm³/mol. The van der Waals surface area contributed by atoms with E-state index in [0.717, 1.165) is 4.90 Å². The van der Waals surface area contributed by atoms with Crippen molar-refractivity contribution in [2.45, 2.75) is 31.0 Å². The molecule has 3 aliphatic carbocycles. The van der Waals surface area contributed by atoms with Crippen LogP contribution in [0.5, 0.6) is 5.75 Å². The zero-order chi connectivity index (χ0) is 49.3. The highest BCUT2D eigenvalue weighted by atomic mass is 16.3. The van der Waals surface area contributed by atoms with Crippen LogP contribution in [0.2, 0.25) is 0 Å². The molecule has 0 saturated heterocycles. The number of Topliss-reactive ketones (excluding diaryl/α,β-unsaturated/α-hetero) is 3. The molecule has 19 heteroatoms. The molecule has 4 aromatic carbocycles. The second-order valence-corrected chi connectivity index (χ2v) is 18.5. The molecule has 19 nitrogen and oxygen atoms in total. The lowest BCUT2D eigenvalue weighted by molar-refractivity contribution is -0.172. The number of rotatable bonds is 9. The number of ketones is 3. The van der Waals surface area contributed by atoms with Crippen LogP contribution in [-0.4, -0.2) is 147 Å². The molecule has 4 aromatic rings. The van der Waals surface area contributed by atoms with E-state index >= 15 is 9.59 Å². The molecule has 1 saturated carbocycles. The predicted octanol–water partition coefficient (Wildman–Crippen LogP) is 1.91. The molecule has 4 N–H and O–H groups in total. The number of carbonyl (C=O) groups excluding carboxylic acids is 10. The lowest BCUT2D eigenvalue weighted by atomic mass is 9.47. The van der Waals surface area contributed by atoms with Crippen molar-refractivity contribution in [1.82, 2.24) is 24.9 Å². The van der Waals surface area contributed by atoms with Gasteiger partial charge in [0.1, 0.15) is 29.2 Å². The number of anilines is 1. The maximum absolute atomic E-state index is 16.0. The zero-order valence-corrected chi connectivity index (χ0v) is 37.4. The summed E-state index contributed by atoms with van der Waals surface area (Å²) in [7, 11) is 6.15. The van der Waals surface area contributed by atoms with E-state index in [1.54, 1.807) is 31.1 Å². The minimum atomic E-state index is -3.27. The van der Waals surface area contributed by atoms with Crippen LogP contribution in [0.4, 0.5) is 5.69 Å². The van der Waals surface area contributed by atoms with Crippen LogP contribution in [0.15, 0.2) is 90.2 Å². The molecule has 3 heterocycles. The lowest BCUT2D eigenvalue weighted by Gasteiger charge is -2.57. The molecule has 1 fully saturated rings. The molecular formula is C50H42N6O13. The third-order valence-electron chi connectivity index (χ3n) is 14.6. The summed E-state index contributed by atoms with van der Waals surface area (Å²) < 4.78 is 0. The van der Waals surface area contributed by atoms with Gasteiger partial charge in [0.05, 0.1) is 51.5 Å². The van der Waals surface area contributed by atoms with Crippen LogP contribution in [0.25, 0.3) is 0 Å². The first-order chi connectivity index (χ1) is 32.8. The summed E-state index contributed by atoms with van der Waals surface area (Å²) in [5.41, 5.74) is -6.87. The normalized spacial score (nSPS) is 24.8. The first kappa shape index (κ1) is 44.7. The standard InChI is InChI=1S/C50H42N6O13/c1-52(2)33-17-23(20-54-42(62)25-11-5-6-12-26(25)43(54)63)37(57)34-31(33)18-24-19-32-36(53(3)4)38(58)35(41(61)51-22-56-46(66)29-15-9-10-16-30(29)47(56)67)40(60)50(32,69)48(68)49(24,39(34)59)21-55-44(64)27-13-7-8-14-28(27)45(55)65/h5-17,24,32,36,57,60,69H,18-22H2,1-4H3,(H,51,61)/t24-,32-,36-,49+,50+/m0/s1. The van der Waals surface area contributed by atoms with Crippen LogP contribution in [0, 0.1) is 17.3 Å². The number of amides is 7. The summed E-state index contributed by atoms with van der Waals surface area (Å²) in [6.07, 6.45) is -0.660. The number of phenols is 1. The van der Waals surface area contributed by atoms with Crippen LogP contribution in [0.3, 0.4) is 0 Å². The number of aromatic hydroxyl groups is 1. The summed E-state index contributed by atoms with van der Waals surface area (Å²) in [5.74, 6) is -14.8. The maximum Gasteiger partial charge on any atom is 0.263 e. The van der Waals surface area contributed by atoms with Crippen molar-refractivity contribution < 1.29 is 63.3 Å². The fourth-order valence-electron chi connectivity index (χ4n) is 11.3. The van der Waals surface area contributed by atoms with Crippen LogP contribution in [0.1, 0.15) is 90.1 Å². The number of benzene rings is 4. The Kier molecular flexibility index (Phi) is 9.99. The minimum Gasteiger partial charge on any atom is -0.508 e. The number of aliphatic hydroxyl groups excluding tert-OH is 1. The van der Waals surface area contributed by atoms with Gasteiger partial charge in [-0.1, -0.05) is 36.4 Å². The molecule has 0 spiro atoms. The average molecular weight is 935 g/mol. The van der Waals surface area contributed by atoms with Crippen molar-refractivity contribution in [2.75, 3.05) is 46.3 Å². The number of hydrogen-bond acceptors (Lipinski definition) is 15. The first-order valence-corrected chi connectivity index (χ1v) is 21.9. The molecule has 0 unspecified atom stereocenters. The van der Waals surface area contributed by atoms with Gasteiger partial charge in [-0.25, -0.2) is 0 Å². The Hall–Kier alpha value is -8.16. The molecule has 350 valence electrons. The Bertz CT molecular complexity index is 3070. The maximum atomic E-state index is 16.0. The van der Waals surface area contributed by atoms with Gasteiger partial charge in [0, 0.05) is 37.8 Å². The quantitative estimate of drug-likeness (QED) is 0.106. The molecule has 6 aliphatic rings. The van der Waals surface area contributed by atoms with Gasteiger partial charge in [-0.2, -0.15) is 0 Å². The highest BCUT2D eigenvalue weighted by molar-refractivity contribution is 6.28. The summed E-state index contributed by atoms with van der Waals surface area (Å²) in [6.45, 7) is -2.36. The smallest absolute Gasteiger partial charge is 0.263 e. The topological polar surface area (TPSA) is 260 Å². The number of fused-ring (bicyclic) bond motifs is 6. The van der Waals surface area contributed by atoms with Crippen molar-refractivity contribution in [3.05, 3.63) is 140 Å². The van der Waals surface area contributed by atoms with Crippen molar-refractivity contribution in [3.63, 3.8) is 0 Å². The number of nitrogens with zero attached hydrogens (tertiary/aromatic N) is 5. The van der Waals surface area contributed by atoms with Crippen molar-refractivity contribution in [3.8, 4) is 5.75 Å². The molecule has 3 aliphatic heterocycles. The van der Waals surface area contributed by atoms with Gasteiger partial charge >= 0.3 is 0 Å². The van der Waals surface area contributed by atoms with Crippen molar-refractivity contribution >= 4 is 64.4 Å². The van der Waals surface area contributed by atoms with Gasteiger partial charge in [-0.15, -0.1) is 0 Å². The highest BCUT2D eigenvalue weighted by Crippen LogP contribution is 2.59.